The first-order valence-corrected chi connectivity index (χ1v) is 8.73. The van der Waals surface area contributed by atoms with Crippen molar-refractivity contribution in [3.05, 3.63) is 42.2 Å². The Hall–Kier alpha value is -2.41. The van der Waals surface area contributed by atoms with Crippen molar-refractivity contribution in [1.82, 2.24) is 19.9 Å². The van der Waals surface area contributed by atoms with Crippen molar-refractivity contribution in [2.24, 2.45) is 0 Å². The van der Waals surface area contributed by atoms with E-state index in [1.165, 1.54) is 0 Å². The molecule has 1 N–H and O–H groups in total. The number of nitrogens with zero attached hydrogens (tertiary/aromatic N) is 4. The molecule has 1 amide bonds. The van der Waals surface area contributed by atoms with Gasteiger partial charge in [-0.05, 0) is 31.4 Å². The summed E-state index contributed by atoms with van der Waals surface area (Å²) in [6, 6.07) is 9.58. The Bertz CT molecular complexity index is 666. The SMILES string of the molecule is O=C(CCCn1cc(COc2ccccc2)nn1)N1CCC(O)CC1. The van der Waals surface area contributed by atoms with E-state index < -0.39 is 0 Å². The maximum absolute atomic E-state index is 12.1. The van der Waals surface area contributed by atoms with E-state index in [2.05, 4.69) is 10.3 Å². The van der Waals surface area contributed by atoms with Gasteiger partial charge in [-0.3, -0.25) is 9.48 Å². The van der Waals surface area contributed by atoms with Crippen molar-refractivity contribution in [1.29, 1.82) is 0 Å². The quantitative estimate of drug-likeness (QED) is 0.825. The predicted molar refractivity (Wildman–Crippen MR) is 91.9 cm³/mol. The molecule has 2 heterocycles. The predicted octanol–water partition coefficient (Wildman–Crippen LogP) is 1.62. The highest BCUT2D eigenvalue weighted by Crippen LogP contribution is 2.12. The fourth-order valence-corrected chi connectivity index (χ4v) is 2.85. The third kappa shape index (κ3) is 5.29. The van der Waals surface area contributed by atoms with Gasteiger partial charge in [0, 0.05) is 26.1 Å². The standard InChI is InChI=1S/C18H24N4O3/c23-16-8-11-21(12-9-16)18(24)7-4-10-22-13-15(19-20-22)14-25-17-5-2-1-3-6-17/h1-3,5-6,13,16,23H,4,7-12,14H2. The Kier molecular flexibility index (Phi) is 6.00. The molecule has 0 saturated carbocycles. The van der Waals surface area contributed by atoms with Gasteiger partial charge in [0.05, 0.1) is 12.3 Å². The summed E-state index contributed by atoms with van der Waals surface area (Å²) in [7, 11) is 0. The minimum atomic E-state index is -0.254. The molecule has 1 aliphatic rings. The second kappa shape index (κ2) is 8.62. The lowest BCUT2D eigenvalue weighted by atomic mass is 10.1. The molecule has 0 spiro atoms. The van der Waals surface area contributed by atoms with Gasteiger partial charge >= 0.3 is 0 Å². The smallest absolute Gasteiger partial charge is 0.222 e. The second-order valence-corrected chi connectivity index (χ2v) is 6.29. The van der Waals surface area contributed by atoms with Crippen LogP contribution in [-0.2, 0) is 17.9 Å². The molecule has 7 heteroatoms. The highest BCUT2D eigenvalue weighted by atomic mass is 16.5. The van der Waals surface area contributed by atoms with E-state index in [9.17, 15) is 9.90 Å². The van der Waals surface area contributed by atoms with Crippen molar-refractivity contribution in [2.45, 2.75) is 44.9 Å². The number of hydrogen-bond donors (Lipinski definition) is 1. The minimum Gasteiger partial charge on any atom is -0.487 e. The summed E-state index contributed by atoms with van der Waals surface area (Å²) in [4.78, 5) is 14.0. The number of para-hydroxylation sites is 1. The van der Waals surface area contributed by atoms with E-state index in [1.807, 2.05) is 41.4 Å². The van der Waals surface area contributed by atoms with Crippen molar-refractivity contribution in [3.63, 3.8) is 0 Å². The Labute approximate surface area is 147 Å². The summed E-state index contributed by atoms with van der Waals surface area (Å²) in [6.45, 7) is 2.34. The van der Waals surface area contributed by atoms with Crippen molar-refractivity contribution in [3.8, 4) is 5.75 Å². The monoisotopic (exact) mass is 344 g/mol. The van der Waals surface area contributed by atoms with E-state index in [0.29, 0.717) is 45.5 Å². The largest absolute Gasteiger partial charge is 0.487 e. The van der Waals surface area contributed by atoms with Crippen molar-refractivity contribution >= 4 is 5.91 Å². The lowest BCUT2D eigenvalue weighted by Crippen LogP contribution is -2.40. The Morgan fingerprint density at radius 1 is 1.24 bits per heavy atom. The number of rotatable bonds is 7. The molecule has 1 aliphatic heterocycles. The molecule has 7 nitrogen and oxygen atoms in total. The first kappa shape index (κ1) is 17.4. The van der Waals surface area contributed by atoms with Gasteiger partial charge < -0.3 is 14.7 Å². The molecule has 25 heavy (non-hydrogen) atoms. The third-order valence-electron chi connectivity index (χ3n) is 4.31. The average molecular weight is 344 g/mol. The zero-order chi connectivity index (χ0) is 17.5. The fourth-order valence-electron chi connectivity index (χ4n) is 2.85. The Morgan fingerprint density at radius 3 is 2.76 bits per heavy atom. The number of carbonyl (C=O) groups excluding carboxylic acids is 1. The van der Waals surface area contributed by atoms with Crippen LogP contribution in [0.3, 0.4) is 0 Å². The summed E-state index contributed by atoms with van der Waals surface area (Å²) in [5.41, 5.74) is 0.764. The molecule has 1 fully saturated rings. The number of aliphatic hydroxyl groups is 1. The van der Waals surface area contributed by atoms with Crippen LogP contribution in [0.1, 0.15) is 31.4 Å². The first-order chi connectivity index (χ1) is 12.2. The topological polar surface area (TPSA) is 80.5 Å². The number of amides is 1. The number of aromatic nitrogens is 3. The molecule has 1 saturated heterocycles. The number of benzene rings is 1. The van der Waals surface area contributed by atoms with E-state index in [4.69, 9.17) is 4.74 Å². The molecular weight excluding hydrogens is 320 g/mol. The van der Waals surface area contributed by atoms with Gasteiger partial charge in [0.1, 0.15) is 18.1 Å². The van der Waals surface area contributed by atoms with Crippen LogP contribution in [-0.4, -0.2) is 50.1 Å². The van der Waals surface area contributed by atoms with Gasteiger partial charge in [-0.25, -0.2) is 0 Å². The third-order valence-corrected chi connectivity index (χ3v) is 4.31. The van der Waals surface area contributed by atoms with Crippen LogP contribution < -0.4 is 4.74 Å². The Morgan fingerprint density at radius 2 is 2.00 bits per heavy atom. The lowest BCUT2D eigenvalue weighted by Gasteiger charge is -2.29. The van der Waals surface area contributed by atoms with Crippen LogP contribution in [0.2, 0.25) is 0 Å². The van der Waals surface area contributed by atoms with Crippen LogP contribution >= 0.6 is 0 Å². The molecule has 0 atom stereocenters. The molecule has 134 valence electrons. The molecule has 0 bridgehead atoms. The molecule has 1 aromatic carbocycles. The van der Waals surface area contributed by atoms with Crippen molar-refractivity contribution < 1.29 is 14.6 Å². The number of likely N-dealkylation sites (tertiary alicyclic amines) is 1. The Balaban J connectivity index is 1.37. The summed E-state index contributed by atoms with van der Waals surface area (Å²) in [5, 5.41) is 17.7. The number of hydrogen-bond acceptors (Lipinski definition) is 5. The van der Waals surface area contributed by atoms with Gasteiger partial charge in [-0.2, -0.15) is 0 Å². The summed E-state index contributed by atoms with van der Waals surface area (Å²) < 4.78 is 7.39. The number of ether oxygens (including phenoxy) is 1. The van der Waals surface area contributed by atoms with E-state index in [0.717, 1.165) is 17.9 Å². The van der Waals surface area contributed by atoms with Crippen LogP contribution in [0.15, 0.2) is 36.5 Å². The zero-order valence-electron chi connectivity index (χ0n) is 14.3. The van der Waals surface area contributed by atoms with Crippen LogP contribution in [0.4, 0.5) is 0 Å². The van der Waals surface area contributed by atoms with Crippen LogP contribution in [0.25, 0.3) is 0 Å². The number of aliphatic hydroxyl groups excluding tert-OH is 1. The maximum atomic E-state index is 12.1. The summed E-state index contributed by atoms with van der Waals surface area (Å²) >= 11 is 0. The molecule has 1 aromatic heterocycles. The van der Waals surface area contributed by atoms with Gasteiger partial charge in [-0.15, -0.1) is 5.10 Å². The maximum Gasteiger partial charge on any atom is 0.222 e. The van der Waals surface area contributed by atoms with Gasteiger partial charge in [0.25, 0.3) is 0 Å². The zero-order valence-corrected chi connectivity index (χ0v) is 14.3. The molecule has 2 aromatic rings. The number of aryl methyl sites for hydroxylation is 1. The van der Waals surface area contributed by atoms with E-state index in [1.54, 1.807) is 4.68 Å². The molecule has 3 rings (SSSR count). The summed E-state index contributed by atoms with van der Waals surface area (Å²) in [6.07, 6.45) is 4.17. The lowest BCUT2D eigenvalue weighted by molar-refractivity contribution is -0.133. The van der Waals surface area contributed by atoms with E-state index >= 15 is 0 Å². The normalized spacial score (nSPS) is 15.3. The molecule has 0 unspecified atom stereocenters. The van der Waals surface area contributed by atoms with Gasteiger partial charge in [0.15, 0.2) is 0 Å². The van der Waals surface area contributed by atoms with Crippen LogP contribution in [0, 0.1) is 0 Å². The molecule has 0 aliphatic carbocycles. The first-order valence-electron chi connectivity index (χ1n) is 8.73. The highest BCUT2D eigenvalue weighted by Gasteiger charge is 2.20. The second-order valence-electron chi connectivity index (χ2n) is 6.29. The van der Waals surface area contributed by atoms with E-state index in [-0.39, 0.29) is 12.0 Å². The van der Waals surface area contributed by atoms with Gasteiger partial charge in [0.2, 0.25) is 5.91 Å². The van der Waals surface area contributed by atoms with Crippen LogP contribution in [0.5, 0.6) is 5.75 Å². The minimum absolute atomic E-state index is 0.152. The van der Waals surface area contributed by atoms with Crippen molar-refractivity contribution in [2.75, 3.05) is 13.1 Å². The molecular formula is C18H24N4O3. The average Bonchev–Trinajstić information content (AvgIpc) is 3.09. The highest BCUT2D eigenvalue weighted by molar-refractivity contribution is 5.76. The molecule has 0 radical (unpaired) electrons. The number of piperidine rings is 1. The van der Waals surface area contributed by atoms with Gasteiger partial charge in [-0.1, -0.05) is 23.4 Å². The fraction of sp³-hybridized carbons (Fsp3) is 0.500. The summed E-state index contributed by atoms with van der Waals surface area (Å²) in [5.74, 6) is 0.953. The number of carbonyl (C=O) groups is 1.